The van der Waals surface area contributed by atoms with Gasteiger partial charge in [-0.25, -0.2) is 15.0 Å². The lowest BCUT2D eigenvalue weighted by Crippen LogP contribution is -2.31. The molecule has 0 radical (unpaired) electrons. The van der Waals surface area contributed by atoms with E-state index in [2.05, 4.69) is 28.0 Å². The Morgan fingerprint density at radius 1 is 1.15 bits per heavy atom. The molecule has 2 aromatic heterocycles. The molecule has 2 unspecified atom stereocenters. The molecular weight excluding hydrogens is 451 g/mol. The average molecular weight is 469 g/mol. The Morgan fingerprint density at radius 3 is 2.61 bits per heavy atom. The quantitative estimate of drug-likeness (QED) is 0.527. The lowest BCUT2D eigenvalue weighted by molar-refractivity contribution is -0.137. The fraction of sp³-hybridized carbons (Fsp3) is 0.217. The van der Waals surface area contributed by atoms with Crippen LogP contribution in [-0.4, -0.2) is 42.6 Å². The van der Waals surface area contributed by atoms with Crippen molar-refractivity contribution in [2.24, 2.45) is 10.9 Å². The third kappa shape index (κ3) is 3.84. The highest BCUT2D eigenvalue weighted by Gasteiger charge is 2.34. The molecule has 3 heterocycles. The van der Waals surface area contributed by atoms with Gasteiger partial charge >= 0.3 is 6.18 Å². The first kappa shape index (κ1) is 21.4. The van der Waals surface area contributed by atoms with E-state index in [0.717, 1.165) is 17.8 Å². The number of aliphatic imine (C=N–C) groups is 1. The normalized spacial score (nSPS) is 19.9. The van der Waals surface area contributed by atoms with Crippen molar-refractivity contribution in [3.05, 3.63) is 78.0 Å². The molecule has 0 bridgehead atoms. The molecule has 33 heavy (non-hydrogen) atoms. The van der Waals surface area contributed by atoms with E-state index in [0.29, 0.717) is 28.0 Å². The summed E-state index contributed by atoms with van der Waals surface area (Å²) in [5.41, 5.74) is 1.96. The van der Waals surface area contributed by atoms with Gasteiger partial charge in [-0.2, -0.15) is 13.2 Å². The number of nitrogens with zero attached hydrogens (tertiary/aromatic N) is 5. The Hall–Kier alpha value is -3.40. The molecule has 2 aliphatic rings. The number of allylic oxidation sites excluding steroid dienone is 3. The third-order valence-electron chi connectivity index (χ3n) is 5.62. The molecule has 1 aromatic carbocycles. The van der Waals surface area contributed by atoms with Crippen LogP contribution in [0.3, 0.4) is 0 Å². The van der Waals surface area contributed by atoms with Crippen LogP contribution in [0.25, 0.3) is 16.9 Å². The number of halogens is 3. The van der Waals surface area contributed by atoms with Crippen LogP contribution in [0.15, 0.2) is 71.8 Å². The minimum absolute atomic E-state index is 0.175. The van der Waals surface area contributed by atoms with E-state index in [1.54, 1.807) is 23.8 Å². The highest BCUT2D eigenvalue weighted by molar-refractivity contribution is 8.14. The van der Waals surface area contributed by atoms with Crippen LogP contribution in [0, 0.1) is 5.92 Å². The predicted octanol–water partition coefficient (Wildman–Crippen LogP) is 5.05. The van der Waals surface area contributed by atoms with E-state index >= 15 is 0 Å². The lowest BCUT2D eigenvalue weighted by Gasteiger charge is -2.20. The number of alkyl halides is 3. The molecule has 168 valence electrons. The van der Waals surface area contributed by atoms with E-state index in [4.69, 9.17) is 0 Å². The number of rotatable bonds is 2. The van der Waals surface area contributed by atoms with Gasteiger partial charge in [0.05, 0.1) is 34.6 Å². The number of benzene rings is 1. The highest BCUT2D eigenvalue weighted by Crippen LogP contribution is 2.39. The molecule has 3 aromatic rings. The molecule has 1 aliphatic heterocycles. The standard InChI is InChI=1S/C23H18F3N5OS/c1-13-4-3-5-16-20(13)33-22(29-16)30(2)21(32)17-12-31-18(10-28-19(31)11-27-17)14-6-8-15(9-7-14)23(24,25)26/h3-13,20H,1-2H3. The summed E-state index contributed by atoms with van der Waals surface area (Å²) in [6.07, 6.45) is 6.18. The van der Waals surface area contributed by atoms with Crippen LogP contribution in [0.2, 0.25) is 0 Å². The largest absolute Gasteiger partial charge is 0.416 e. The zero-order valence-corrected chi connectivity index (χ0v) is 18.4. The molecule has 0 N–H and O–H groups in total. The molecule has 2 atom stereocenters. The highest BCUT2D eigenvalue weighted by atomic mass is 32.2. The van der Waals surface area contributed by atoms with Crippen LogP contribution in [0.4, 0.5) is 13.2 Å². The first-order valence-corrected chi connectivity index (χ1v) is 11.0. The molecule has 0 fully saturated rings. The van der Waals surface area contributed by atoms with Crippen LogP contribution in [0.5, 0.6) is 0 Å². The van der Waals surface area contributed by atoms with Crippen molar-refractivity contribution in [2.75, 3.05) is 7.05 Å². The second-order valence-corrected chi connectivity index (χ2v) is 8.96. The fourth-order valence-corrected chi connectivity index (χ4v) is 4.95. The van der Waals surface area contributed by atoms with Gasteiger partial charge in [-0.15, -0.1) is 0 Å². The van der Waals surface area contributed by atoms with Crippen LogP contribution in [0.1, 0.15) is 23.0 Å². The number of carbonyl (C=O) groups excluding carboxylic acids is 1. The number of carbonyl (C=O) groups is 1. The number of amides is 1. The molecule has 0 spiro atoms. The maximum Gasteiger partial charge on any atom is 0.416 e. The van der Waals surface area contributed by atoms with Gasteiger partial charge in [-0.1, -0.05) is 43.0 Å². The van der Waals surface area contributed by atoms with Gasteiger partial charge in [0.25, 0.3) is 5.91 Å². The summed E-state index contributed by atoms with van der Waals surface area (Å²) in [4.78, 5) is 27.7. The SMILES string of the molecule is CC1C=CC=C2N=C(N(C)C(=O)c3cn4c(-c5ccc(C(F)(F)F)cc5)cnc4cn3)SC21. The number of thioether (sulfide) groups is 1. The van der Waals surface area contributed by atoms with Gasteiger partial charge in [-0.05, 0) is 24.1 Å². The van der Waals surface area contributed by atoms with E-state index in [9.17, 15) is 18.0 Å². The summed E-state index contributed by atoms with van der Waals surface area (Å²) in [5, 5.41) is 0.776. The number of hydrogen-bond acceptors (Lipinski definition) is 5. The Balaban J connectivity index is 1.44. The molecule has 6 nitrogen and oxygen atoms in total. The van der Waals surface area contributed by atoms with Crippen molar-refractivity contribution >= 4 is 28.5 Å². The van der Waals surface area contributed by atoms with Crippen LogP contribution < -0.4 is 0 Å². The first-order chi connectivity index (χ1) is 15.7. The number of imidazole rings is 1. The topological polar surface area (TPSA) is 62.9 Å². The van der Waals surface area contributed by atoms with Gasteiger partial charge in [0.15, 0.2) is 10.8 Å². The molecule has 5 rings (SSSR count). The van der Waals surface area contributed by atoms with E-state index in [1.165, 1.54) is 35.0 Å². The minimum Gasteiger partial charge on any atom is -0.296 e. The smallest absolute Gasteiger partial charge is 0.296 e. The number of hydrogen-bond donors (Lipinski definition) is 0. The summed E-state index contributed by atoms with van der Waals surface area (Å²) >= 11 is 1.54. The van der Waals surface area contributed by atoms with Crippen LogP contribution >= 0.6 is 11.8 Å². The van der Waals surface area contributed by atoms with Crippen LogP contribution in [-0.2, 0) is 6.18 Å². The first-order valence-electron chi connectivity index (χ1n) is 10.1. The third-order valence-corrected chi connectivity index (χ3v) is 7.12. The van der Waals surface area contributed by atoms with Crippen molar-refractivity contribution in [1.29, 1.82) is 0 Å². The van der Waals surface area contributed by atoms with Gasteiger partial charge in [0, 0.05) is 18.8 Å². The van der Waals surface area contributed by atoms with Crippen molar-refractivity contribution in [1.82, 2.24) is 19.3 Å². The monoisotopic (exact) mass is 469 g/mol. The molecule has 1 amide bonds. The lowest BCUT2D eigenvalue weighted by atomic mass is 10.0. The molecule has 10 heteroatoms. The average Bonchev–Trinajstić information content (AvgIpc) is 3.42. The summed E-state index contributed by atoms with van der Waals surface area (Å²) in [6, 6.07) is 4.81. The number of amidine groups is 1. The van der Waals surface area contributed by atoms with Gasteiger partial charge < -0.3 is 0 Å². The Morgan fingerprint density at radius 2 is 1.91 bits per heavy atom. The number of aromatic nitrogens is 3. The van der Waals surface area contributed by atoms with E-state index in [1.807, 2.05) is 12.2 Å². The summed E-state index contributed by atoms with van der Waals surface area (Å²) in [6.45, 7) is 2.11. The van der Waals surface area contributed by atoms with Gasteiger partial charge in [0.1, 0.15) is 5.69 Å². The molecule has 1 aliphatic carbocycles. The zero-order valence-electron chi connectivity index (χ0n) is 17.6. The van der Waals surface area contributed by atoms with E-state index < -0.39 is 11.7 Å². The zero-order chi connectivity index (χ0) is 23.3. The van der Waals surface area contributed by atoms with Crippen molar-refractivity contribution in [2.45, 2.75) is 18.3 Å². The summed E-state index contributed by atoms with van der Waals surface area (Å²) < 4.78 is 40.3. The van der Waals surface area contributed by atoms with E-state index in [-0.39, 0.29) is 16.9 Å². The molecule has 0 saturated heterocycles. The maximum atomic E-state index is 13.2. The summed E-state index contributed by atoms with van der Waals surface area (Å²) in [7, 11) is 1.65. The Bertz CT molecular complexity index is 1340. The van der Waals surface area contributed by atoms with Gasteiger partial charge in [-0.3, -0.25) is 14.1 Å². The van der Waals surface area contributed by atoms with Crippen molar-refractivity contribution in [3.8, 4) is 11.3 Å². The molecule has 0 saturated carbocycles. The number of fused-ring (bicyclic) bond motifs is 2. The fourth-order valence-electron chi connectivity index (χ4n) is 3.77. The Labute approximate surface area is 191 Å². The molecular formula is C23H18F3N5OS. The second kappa shape index (κ2) is 7.87. The minimum atomic E-state index is -4.41. The summed E-state index contributed by atoms with van der Waals surface area (Å²) in [5.74, 6) is -0.0263. The predicted molar refractivity (Wildman–Crippen MR) is 121 cm³/mol. The Kier molecular flexibility index (Phi) is 5.12. The van der Waals surface area contributed by atoms with Crippen molar-refractivity contribution < 1.29 is 18.0 Å². The van der Waals surface area contributed by atoms with Crippen molar-refractivity contribution in [3.63, 3.8) is 0 Å². The maximum absolute atomic E-state index is 13.2. The van der Waals surface area contributed by atoms with Gasteiger partial charge in [0.2, 0.25) is 0 Å². The second-order valence-electron chi connectivity index (χ2n) is 7.85.